The first-order valence-corrected chi connectivity index (χ1v) is 7.87. The molecule has 1 fully saturated rings. The molecule has 0 atom stereocenters. The van der Waals surface area contributed by atoms with Crippen molar-refractivity contribution in [1.29, 1.82) is 0 Å². The number of halogens is 1. The average molecular weight is 319 g/mol. The van der Waals surface area contributed by atoms with Crippen molar-refractivity contribution in [3.05, 3.63) is 18.2 Å². The van der Waals surface area contributed by atoms with Gasteiger partial charge in [0.1, 0.15) is 6.10 Å². The van der Waals surface area contributed by atoms with Gasteiger partial charge in [0.15, 0.2) is 11.5 Å². The molecule has 1 saturated heterocycles. The molecular weight excluding hydrogens is 301 g/mol. The molecule has 0 saturated carbocycles. The zero-order valence-corrected chi connectivity index (χ0v) is 12.7. The SMILES string of the molecule is COc1cccc(OC)c1OC1CCN(S(=O)(=O)F)CC1. The summed E-state index contributed by atoms with van der Waals surface area (Å²) in [6.45, 7) is 0.196. The molecule has 0 bridgehead atoms. The van der Waals surface area contributed by atoms with Crippen molar-refractivity contribution in [3.63, 3.8) is 0 Å². The third-order valence-electron chi connectivity index (χ3n) is 3.38. The van der Waals surface area contributed by atoms with Crippen LogP contribution in [0.5, 0.6) is 17.2 Å². The Morgan fingerprint density at radius 3 is 2.10 bits per heavy atom. The lowest BCUT2D eigenvalue weighted by atomic mass is 10.1. The summed E-state index contributed by atoms with van der Waals surface area (Å²) in [5.41, 5.74) is 0. The van der Waals surface area contributed by atoms with E-state index in [1.165, 1.54) is 14.2 Å². The number of benzene rings is 1. The van der Waals surface area contributed by atoms with Gasteiger partial charge in [-0.2, -0.15) is 12.7 Å². The number of nitrogens with zero attached hydrogens (tertiary/aromatic N) is 1. The van der Waals surface area contributed by atoms with Crippen LogP contribution in [-0.4, -0.2) is 46.1 Å². The molecule has 0 aromatic heterocycles. The second-order valence-corrected chi connectivity index (χ2v) is 5.99. The van der Waals surface area contributed by atoms with Crippen molar-refractivity contribution in [2.75, 3.05) is 27.3 Å². The quantitative estimate of drug-likeness (QED) is 0.774. The lowest BCUT2D eigenvalue weighted by Gasteiger charge is -2.29. The fourth-order valence-corrected chi connectivity index (χ4v) is 2.92. The number of para-hydroxylation sites is 1. The van der Waals surface area contributed by atoms with Gasteiger partial charge in [-0.05, 0) is 25.0 Å². The van der Waals surface area contributed by atoms with Gasteiger partial charge in [0.2, 0.25) is 5.75 Å². The highest BCUT2D eigenvalue weighted by molar-refractivity contribution is 7.83. The van der Waals surface area contributed by atoms with Gasteiger partial charge in [0, 0.05) is 13.1 Å². The van der Waals surface area contributed by atoms with E-state index < -0.39 is 10.4 Å². The Bertz CT molecular complexity index is 562. The Balaban J connectivity index is 2.07. The van der Waals surface area contributed by atoms with Gasteiger partial charge in [-0.25, -0.2) is 0 Å². The van der Waals surface area contributed by atoms with E-state index in [1.807, 2.05) is 0 Å². The fourth-order valence-electron chi connectivity index (χ4n) is 2.27. The number of hydrogen-bond donors (Lipinski definition) is 0. The Morgan fingerprint density at radius 1 is 1.14 bits per heavy atom. The van der Waals surface area contributed by atoms with Crippen molar-refractivity contribution < 1.29 is 26.5 Å². The number of rotatable bonds is 5. The van der Waals surface area contributed by atoms with Gasteiger partial charge >= 0.3 is 10.4 Å². The van der Waals surface area contributed by atoms with Crippen molar-refractivity contribution in [1.82, 2.24) is 4.31 Å². The minimum atomic E-state index is -4.62. The molecule has 1 aromatic carbocycles. The van der Waals surface area contributed by atoms with Crippen LogP contribution in [0.4, 0.5) is 3.89 Å². The first-order valence-electron chi connectivity index (χ1n) is 6.53. The monoisotopic (exact) mass is 319 g/mol. The van der Waals surface area contributed by atoms with Crippen LogP contribution >= 0.6 is 0 Å². The summed E-state index contributed by atoms with van der Waals surface area (Å²) in [5, 5.41) is 0. The molecule has 0 unspecified atom stereocenters. The van der Waals surface area contributed by atoms with Crippen LogP contribution in [0.1, 0.15) is 12.8 Å². The molecule has 0 spiro atoms. The standard InChI is InChI=1S/C13H18FNO5S/c1-18-11-4-3-5-12(19-2)13(11)20-10-6-8-15(9-7-10)21(14,16)17/h3-5,10H,6-9H2,1-2H3. The van der Waals surface area contributed by atoms with Gasteiger partial charge in [-0.1, -0.05) is 9.95 Å². The van der Waals surface area contributed by atoms with Gasteiger partial charge in [-0.3, -0.25) is 0 Å². The lowest BCUT2D eigenvalue weighted by Crippen LogP contribution is -2.40. The van der Waals surface area contributed by atoms with Crippen LogP contribution in [0, 0.1) is 0 Å². The molecule has 1 aliphatic rings. The highest BCUT2D eigenvalue weighted by atomic mass is 32.3. The fraction of sp³-hybridized carbons (Fsp3) is 0.538. The Kier molecular flexibility index (Phi) is 4.89. The topological polar surface area (TPSA) is 65.1 Å². The number of methoxy groups -OCH3 is 2. The molecule has 2 rings (SSSR count). The highest BCUT2D eigenvalue weighted by Gasteiger charge is 2.29. The van der Waals surface area contributed by atoms with E-state index in [2.05, 4.69) is 0 Å². The van der Waals surface area contributed by atoms with E-state index >= 15 is 0 Å². The molecule has 1 aliphatic heterocycles. The van der Waals surface area contributed by atoms with E-state index in [4.69, 9.17) is 14.2 Å². The van der Waals surface area contributed by atoms with Crippen molar-refractivity contribution in [2.24, 2.45) is 0 Å². The van der Waals surface area contributed by atoms with E-state index in [0.717, 1.165) is 4.31 Å². The maximum atomic E-state index is 12.9. The minimum absolute atomic E-state index is 0.0982. The molecule has 0 amide bonds. The molecule has 0 radical (unpaired) electrons. The van der Waals surface area contributed by atoms with Crippen molar-refractivity contribution >= 4 is 10.4 Å². The molecule has 1 aromatic rings. The minimum Gasteiger partial charge on any atom is -0.493 e. The zero-order valence-electron chi connectivity index (χ0n) is 11.9. The van der Waals surface area contributed by atoms with Crippen molar-refractivity contribution in [3.8, 4) is 17.2 Å². The summed E-state index contributed by atoms with van der Waals surface area (Å²) in [6.07, 6.45) is 0.600. The van der Waals surface area contributed by atoms with Crippen LogP contribution in [-0.2, 0) is 10.4 Å². The Labute approximate surface area is 123 Å². The van der Waals surface area contributed by atoms with E-state index in [1.54, 1.807) is 18.2 Å². The number of piperidine rings is 1. The highest BCUT2D eigenvalue weighted by Crippen LogP contribution is 2.38. The van der Waals surface area contributed by atoms with Crippen LogP contribution in [0.3, 0.4) is 0 Å². The maximum absolute atomic E-state index is 12.9. The predicted molar refractivity (Wildman–Crippen MR) is 74.8 cm³/mol. The Hall–Kier alpha value is -1.54. The summed E-state index contributed by atoms with van der Waals surface area (Å²) in [5.74, 6) is 1.55. The summed E-state index contributed by atoms with van der Waals surface area (Å²) in [7, 11) is -1.56. The van der Waals surface area contributed by atoms with Crippen LogP contribution < -0.4 is 14.2 Å². The first kappa shape index (κ1) is 15.8. The number of ether oxygens (including phenoxy) is 3. The average Bonchev–Trinajstić information content (AvgIpc) is 2.47. The summed E-state index contributed by atoms with van der Waals surface area (Å²) < 4.78 is 51.7. The molecule has 0 aliphatic carbocycles. The van der Waals surface area contributed by atoms with Gasteiger partial charge in [-0.15, -0.1) is 0 Å². The molecule has 6 nitrogen and oxygen atoms in total. The summed E-state index contributed by atoms with van der Waals surface area (Å²) in [6, 6.07) is 5.28. The predicted octanol–water partition coefficient (Wildman–Crippen LogP) is 1.76. The van der Waals surface area contributed by atoms with E-state index in [-0.39, 0.29) is 19.2 Å². The smallest absolute Gasteiger partial charge is 0.374 e. The molecule has 8 heteroatoms. The Morgan fingerprint density at radius 2 is 1.67 bits per heavy atom. The van der Waals surface area contributed by atoms with Crippen LogP contribution in [0.25, 0.3) is 0 Å². The molecule has 118 valence electrons. The van der Waals surface area contributed by atoms with Gasteiger partial charge in [0.25, 0.3) is 0 Å². The molecule has 0 N–H and O–H groups in total. The molecular formula is C13H18FNO5S. The van der Waals surface area contributed by atoms with Crippen LogP contribution in [0.15, 0.2) is 18.2 Å². The van der Waals surface area contributed by atoms with E-state index in [0.29, 0.717) is 30.1 Å². The maximum Gasteiger partial charge on any atom is 0.374 e. The summed E-state index contributed by atoms with van der Waals surface area (Å²) >= 11 is 0. The molecule has 1 heterocycles. The zero-order chi connectivity index (χ0) is 15.5. The van der Waals surface area contributed by atoms with Gasteiger partial charge in [0.05, 0.1) is 14.2 Å². The van der Waals surface area contributed by atoms with Crippen molar-refractivity contribution in [2.45, 2.75) is 18.9 Å². The third-order valence-corrected chi connectivity index (χ3v) is 4.36. The lowest BCUT2D eigenvalue weighted by molar-refractivity contribution is 0.125. The summed E-state index contributed by atoms with van der Waals surface area (Å²) in [4.78, 5) is 0. The normalized spacial score (nSPS) is 17.5. The largest absolute Gasteiger partial charge is 0.493 e. The second-order valence-electron chi connectivity index (χ2n) is 4.65. The third kappa shape index (κ3) is 3.76. The second kappa shape index (κ2) is 6.48. The van der Waals surface area contributed by atoms with Crippen LogP contribution in [0.2, 0.25) is 0 Å². The van der Waals surface area contributed by atoms with Gasteiger partial charge < -0.3 is 14.2 Å². The van der Waals surface area contributed by atoms with E-state index in [9.17, 15) is 12.3 Å². The first-order chi connectivity index (χ1) is 9.95. The molecule has 21 heavy (non-hydrogen) atoms. The number of hydrogen-bond acceptors (Lipinski definition) is 5.